The molecule has 0 spiro atoms. The van der Waals surface area contributed by atoms with Gasteiger partial charge in [0.05, 0.1) is 13.7 Å². The zero-order valence-electron chi connectivity index (χ0n) is 10.3. The standard InChI is InChI=1S/C12H16N4O2/c1-18-12-10-11(13-7-14-12)16(6-9(17)15-10)8-4-2-3-5-8/h7-8H,2-6H2,1H3,(H,15,17). The molecular formula is C12H16N4O2. The Kier molecular flexibility index (Phi) is 2.77. The van der Waals surface area contributed by atoms with Crippen molar-refractivity contribution in [2.75, 3.05) is 23.9 Å². The monoisotopic (exact) mass is 248 g/mol. The van der Waals surface area contributed by atoms with E-state index in [9.17, 15) is 4.79 Å². The second-order valence-corrected chi connectivity index (χ2v) is 4.70. The van der Waals surface area contributed by atoms with Crippen molar-refractivity contribution >= 4 is 17.4 Å². The number of rotatable bonds is 2. The van der Waals surface area contributed by atoms with Gasteiger partial charge in [0.1, 0.15) is 12.0 Å². The van der Waals surface area contributed by atoms with Crippen LogP contribution < -0.4 is 15.0 Å². The lowest BCUT2D eigenvalue weighted by molar-refractivity contribution is -0.115. The average Bonchev–Trinajstić information content (AvgIpc) is 2.90. The molecule has 1 aromatic heterocycles. The molecule has 2 aliphatic rings. The highest BCUT2D eigenvalue weighted by molar-refractivity contribution is 6.01. The van der Waals surface area contributed by atoms with E-state index in [4.69, 9.17) is 4.74 Å². The molecule has 0 radical (unpaired) electrons. The van der Waals surface area contributed by atoms with E-state index in [-0.39, 0.29) is 5.91 Å². The molecule has 2 heterocycles. The van der Waals surface area contributed by atoms with E-state index in [0.29, 0.717) is 24.2 Å². The number of fused-ring (bicyclic) bond motifs is 1. The highest BCUT2D eigenvalue weighted by Gasteiger charge is 2.32. The number of methoxy groups -OCH3 is 1. The van der Waals surface area contributed by atoms with Gasteiger partial charge in [-0.05, 0) is 12.8 Å². The predicted octanol–water partition coefficient (Wildman–Crippen LogP) is 1.19. The maximum atomic E-state index is 11.8. The Balaban J connectivity index is 2.01. The van der Waals surface area contributed by atoms with Gasteiger partial charge in [0.2, 0.25) is 11.8 Å². The molecule has 1 saturated carbocycles. The van der Waals surface area contributed by atoms with Gasteiger partial charge < -0.3 is 15.0 Å². The molecule has 18 heavy (non-hydrogen) atoms. The largest absolute Gasteiger partial charge is 0.479 e. The van der Waals surface area contributed by atoms with Gasteiger partial charge in [0.25, 0.3) is 0 Å². The molecule has 0 bridgehead atoms. The number of amides is 1. The first-order valence-electron chi connectivity index (χ1n) is 6.25. The lowest BCUT2D eigenvalue weighted by atomic mass is 10.1. The number of ether oxygens (including phenoxy) is 1. The average molecular weight is 248 g/mol. The SMILES string of the molecule is COc1ncnc2c1NC(=O)CN2C1CCCC1. The first-order chi connectivity index (χ1) is 8.79. The van der Waals surface area contributed by atoms with E-state index >= 15 is 0 Å². The van der Waals surface area contributed by atoms with Crippen molar-refractivity contribution in [3.8, 4) is 5.88 Å². The molecule has 1 amide bonds. The highest BCUT2D eigenvalue weighted by atomic mass is 16.5. The zero-order valence-corrected chi connectivity index (χ0v) is 10.3. The minimum Gasteiger partial charge on any atom is -0.479 e. The van der Waals surface area contributed by atoms with Gasteiger partial charge in [-0.2, -0.15) is 4.98 Å². The Morgan fingerprint density at radius 3 is 2.89 bits per heavy atom. The first-order valence-corrected chi connectivity index (χ1v) is 6.25. The number of hydrogen-bond acceptors (Lipinski definition) is 5. The smallest absolute Gasteiger partial charge is 0.244 e. The Labute approximate surface area is 105 Å². The summed E-state index contributed by atoms with van der Waals surface area (Å²) in [6.07, 6.45) is 6.18. The molecule has 0 saturated heterocycles. The molecule has 1 N–H and O–H groups in total. The summed E-state index contributed by atoms with van der Waals surface area (Å²) < 4.78 is 5.18. The third-order valence-corrected chi connectivity index (χ3v) is 3.60. The van der Waals surface area contributed by atoms with Crippen LogP contribution in [-0.4, -0.2) is 35.6 Å². The molecule has 1 aliphatic carbocycles. The summed E-state index contributed by atoms with van der Waals surface area (Å²) in [4.78, 5) is 22.2. The van der Waals surface area contributed by atoms with Crippen LogP contribution in [0.3, 0.4) is 0 Å². The Hall–Kier alpha value is -1.85. The van der Waals surface area contributed by atoms with Crippen LogP contribution >= 0.6 is 0 Å². The summed E-state index contributed by atoms with van der Waals surface area (Å²) in [5, 5.41) is 2.80. The normalized spacial score (nSPS) is 19.6. The summed E-state index contributed by atoms with van der Waals surface area (Å²) in [5.41, 5.74) is 0.600. The van der Waals surface area contributed by atoms with Crippen molar-refractivity contribution < 1.29 is 9.53 Å². The van der Waals surface area contributed by atoms with Crippen LogP contribution in [0.15, 0.2) is 6.33 Å². The lowest BCUT2D eigenvalue weighted by Gasteiger charge is -2.34. The minimum absolute atomic E-state index is 0.0255. The summed E-state index contributed by atoms with van der Waals surface area (Å²) in [5.74, 6) is 1.19. The van der Waals surface area contributed by atoms with E-state index in [0.717, 1.165) is 18.7 Å². The molecule has 0 unspecified atom stereocenters. The van der Waals surface area contributed by atoms with Crippen LogP contribution in [0, 0.1) is 0 Å². The van der Waals surface area contributed by atoms with Crippen molar-refractivity contribution in [3.63, 3.8) is 0 Å². The molecule has 0 aromatic carbocycles. The number of carbonyl (C=O) groups excluding carboxylic acids is 1. The van der Waals surface area contributed by atoms with E-state index in [1.807, 2.05) is 0 Å². The summed E-state index contributed by atoms with van der Waals surface area (Å²) >= 11 is 0. The highest BCUT2D eigenvalue weighted by Crippen LogP contribution is 2.37. The van der Waals surface area contributed by atoms with Crippen molar-refractivity contribution in [1.82, 2.24) is 9.97 Å². The van der Waals surface area contributed by atoms with Gasteiger partial charge >= 0.3 is 0 Å². The number of carbonyl (C=O) groups is 1. The van der Waals surface area contributed by atoms with Crippen molar-refractivity contribution in [1.29, 1.82) is 0 Å². The quantitative estimate of drug-likeness (QED) is 0.851. The number of nitrogens with one attached hydrogen (secondary N) is 1. The molecular weight excluding hydrogens is 232 g/mol. The van der Waals surface area contributed by atoms with Crippen molar-refractivity contribution in [2.24, 2.45) is 0 Å². The molecule has 3 rings (SSSR count). The van der Waals surface area contributed by atoms with Gasteiger partial charge in [-0.1, -0.05) is 12.8 Å². The van der Waals surface area contributed by atoms with Crippen LogP contribution in [0.1, 0.15) is 25.7 Å². The van der Waals surface area contributed by atoms with Crippen molar-refractivity contribution in [3.05, 3.63) is 6.33 Å². The topological polar surface area (TPSA) is 67.4 Å². The minimum atomic E-state index is -0.0255. The van der Waals surface area contributed by atoms with E-state index in [1.54, 1.807) is 7.11 Å². The molecule has 6 heteroatoms. The van der Waals surface area contributed by atoms with E-state index in [2.05, 4.69) is 20.2 Å². The van der Waals surface area contributed by atoms with Gasteiger partial charge in [-0.15, -0.1) is 0 Å². The first kappa shape index (κ1) is 11.3. The van der Waals surface area contributed by atoms with Gasteiger partial charge in [-0.3, -0.25) is 4.79 Å². The Morgan fingerprint density at radius 2 is 2.17 bits per heavy atom. The van der Waals surface area contributed by atoms with Crippen LogP contribution in [0.4, 0.5) is 11.5 Å². The summed E-state index contributed by atoms with van der Waals surface area (Å²) in [6, 6.07) is 0.411. The maximum absolute atomic E-state index is 11.8. The van der Waals surface area contributed by atoms with Crippen LogP contribution in [0.2, 0.25) is 0 Å². The molecule has 1 fully saturated rings. The van der Waals surface area contributed by atoms with Crippen LogP contribution in [0.5, 0.6) is 5.88 Å². The molecule has 6 nitrogen and oxygen atoms in total. The second kappa shape index (κ2) is 4.44. The summed E-state index contributed by atoms with van der Waals surface area (Å²) in [7, 11) is 1.54. The molecule has 0 atom stereocenters. The van der Waals surface area contributed by atoms with Gasteiger partial charge in [-0.25, -0.2) is 4.98 Å². The lowest BCUT2D eigenvalue weighted by Crippen LogP contribution is -2.44. The van der Waals surface area contributed by atoms with Crippen LogP contribution in [0.25, 0.3) is 0 Å². The third kappa shape index (κ3) is 1.77. The fraction of sp³-hybridized carbons (Fsp3) is 0.583. The zero-order chi connectivity index (χ0) is 12.5. The maximum Gasteiger partial charge on any atom is 0.244 e. The second-order valence-electron chi connectivity index (χ2n) is 4.70. The molecule has 1 aliphatic heterocycles. The van der Waals surface area contributed by atoms with Crippen LogP contribution in [-0.2, 0) is 4.79 Å². The molecule has 96 valence electrons. The predicted molar refractivity (Wildman–Crippen MR) is 66.8 cm³/mol. The van der Waals surface area contributed by atoms with Crippen molar-refractivity contribution in [2.45, 2.75) is 31.7 Å². The van der Waals surface area contributed by atoms with Gasteiger partial charge in [0, 0.05) is 6.04 Å². The Bertz CT molecular complexity index is 471. The Morgan fingerprint density at radius 1 is 1.39 bits per heavy atom. The molecule has 1 aromatic rings. The number of anilines is 2. The van der Waals surface area contributed by atoms with E-state index < -0.39 is 0 Å². The fourth-order valence-electron chi connectivity index (χ4n) is 2.77. The van der Waals surface area contributed by atoms with E-state index in [1.165, 1.54) is 19.2 Å². The number of nitrogens with zero attached hydrogens (tertiary/aromatic N) is 3. The summed E-state index contributed by atoms with van der Waals surface area (Å²) in [6.45, 7) is 0.373. The fourth-order valence-corrected chi connectivity index (χ4v) is 2.77. The third-order valence-electron chi connectivity index (χ3n) is 3.60. The number of aromatic nitrogens is 2. The van der Waals surface area contributed by atoms with Gasteiger partial charge in [0.15, 0.2) is 5.82 Å². The number of hydrogen-bond donors (Lipinski definition) is 1.